The monoisotopic (exact) mass is 348 g/mol. The Labute approximate surface area is 147 Å². The summed E-state index contributed by atoms with van der Waals surface area (Å²) in [7, 11) is 0. The lowest BCUT2D eigenvalue weighted by atomic mass is 10.2. The average Bonchev–Trinajstić information content (AvgIpc) is 2.62. The summed E-state index contributed by atoms with van der Waals surface area (Å²) >= 11 is 1.75. The van der Waals surface area contributed by atoms with E-state index in [1.807, 2.05) is 18.2 Å². The number of rotatable bonds is 12. The lowest BCUT2D eigenvalue weighted by Gasteiger charge is -2.07. The lowest BCUT2D eigenvalue weighted by Crippen LogP contribution is -2.10. The van der Waals surface area contributed by atoms with E-state index in [-0.39, 0.29) is 6.61 Å². The van der Waals surface area contributed by atoms with Gasteiger partial charge in [-0.05, 0) is 29.8 Å². The Hall–Kier alpha value is -1.37. The first-order chi connectivity index (χ1) is 11.9. The first-order valence-electron chi connectivity index (χ1n) is 8.04. The van der Waals surface area contributed by atoms with Crippen molar-refractivity contribution in [3.05, 3.63) is 60.2 Å². The Morgan fingerprint density at radius 1 is 0.667 bits per heavy atom. The quantitative estimate of drug-likeness (QED) is 0.596. The molecule has 4 nitrogen and oxygen atoms in total. The van der Waals surface area contributed by atoms with Gasteiger partial charge in [0.1, 0.15) is 0 Å². The summed E-state index contributed by atoms with van der Waals surface area (Å²) in [4.78, 5) is 2.46. The van der Waals surface area contributed by atoms with Crippen molar-refractivity contribution in [1.29, 1.82) is 0 Å². The zero-order chi connectivity index (χ0) is 16.9. The summed E-state index contributed by atoms with van der Waals surface area (Å²) in [5, 5.41) is 8.55. The number of aliphatic hydroxyl groups excluding tert-OH is 1. The van der Waals surface area contributed by atoms with Crippen molar-refractivity contribution in [3.8, 4) is 0 Å². The highest BCUT2D eigenvalue weighted by molar-refractivity contribution is 7.99. The maximum atomic E-state index is 8.55. The molecule has 24 heavy (non-hydrogen) atoms. The molecule has 0 bridgehead atoms. The predicted molar refractivity (Wildman–Crippen MR) is 95.4 cm³/mol. The predicted octanol–water partition coefficient (Wildman–Crippen LogP) is 3.38. The van der Waals surface area contributed by atoms with Crippen LogP contribution in [0.5, 0.6) is 0 Å². The number of hydrogen-bond donors (Lipinski definition) is 1. The second-order valence-corrected chi connectivity index (χ2v) is 6.21. The van der Waals surface area contributed by atoms with Gasteiger partial charge in [0.2, 0.25) is 0 Å². The lowest BCUT2D eigenvalue weighted by molar-refractivity contribution is 0.00450. The van der Waals surface area contributed by atoms with Gasteiger partial charge in [-0.3, -0.25) is 0 Å². The van der Waals surface area contributed by atoms with Gasteiger partial charge in [0, 0.05) is 9.79 Å². The van der Waals surface area contributed by atoms with Crippen molar-refractivity contribution in [1.82, 2.24) is 0 Å². The number of hydrogen-bond acceptors (Lipinski definition) is 5. The second-order valence-electron chi connectivity index (χ2n) is 5.06. The molecule has 1 N–H and O–H groups in total. The van der Waals surface area contributed by atoms with E-state index >= 15 is 0 Å². The minimum atomic E-state index is 0.0474. The van der Waals surface area contributed by atoms with Crippen molar-refractivity contribution in [2.24, 2.45) is 0 Å². The molecule has 130 valence electrons. The Balaban J connectivity index is 1.57. The van der Waals surface area contributed by atoms with Gasteiger partial charge in [0.25, 0.3) is 0 Å². The van der Waals surface area contributed by atoms with Crippen LogP contribution in [-0.4, -0.2) is 44.7 Å². The van der Waals surface area contributed by atoms with Gasteiger partial charge in [-0.25, -0.2) is 0 Å². The fourth-order valence-electron chi connectivity index (χ4n) is 1.97. The Morgan fingerprint density at radius 2 is 1.25 bits per heavy atom. The van der Waals surface area contributed by atoms with Gasteiger partial charge >= 0.3 is 0 Å². The Bertz CT molecular complexity index is 545. The highest BCUT2D eigenvalue weighted by atomic mass is 32.2. The molecule has 0 saturated heterocycles. The largest absolute Gasteiger partial charge is 0.394 e. The van der Waals surface area contributed by atoms with Gasteiger partial charge in [0.15, 0.2) is 0 Å². The molecular formula is C19H24O4S. The molecule has 0 saturated carbocycles. The van der Waals surface area contributed by atoms with Crippen LogP contribution in [-0.2, 0) is 20.8 Å². The third kappa shape index (κ3) is 7.95. The third-order valence-electron chi connectivity index (χ3n) is 3.15. The topological polar surface area (TPSA) is 47.9 Å². The van der Waals surface area contributed by atoms with Gasteiger partial charge in [-0.15, -0.1) is 0 Å². The molecule has 2 rings (SSSR count). The fourth-order valence-corrected chi connectivity index (χ4v) is 2.81. The molecule has 0 fully saturated rings. The van der Waals surface area contributed by atoms with Crippen molar-refractivity contribution in [2.75, 3.05) is 39.6 Å². The molecule has 2 aromatic carbocycles. The SMILES string of the molecule is OCCOCCOCCOCc1ccc(Sc2ccccc2)cc1. The standard InChI is InChI=1S/C19H24O4S/c20-10-11-21-12-13-22-14-15-23-16-17-6-8-19(9-7-17)24-18-4-2-1-3-5-18/h1-9,20H,10-16H2. The van der Waals surface area contributed by atoms with E-state index in [0.717, 1.165) is 5.56 Å². The molecule has 0 aromatic heterocycles. The molecule has 0 aliphatic rings. The zero-order valence-corrected chi connectivity index (χ0v) is 14.5. The van der Waals surface area contributed by atoms with Crippen LogP contribution in [0.25, 0.3) is 0 Å². The Morgan fingerprint density at radius 3 is 1.92 bits per heavy atom. The van der Waals surface area contributed by atoms with Gasteiger partial charge in [0.05, 0.1) is 46.2 Å². The molecular weight excluding hydrogens is 324 g/mol. The molecule has 2 aromatic rings. The maximum Gasteiger partial charge on any atom is 0.0718 e. The van der Waals surface area contributed by atoms with Crippen LogP contribution in [0.4, 0.5) is 0 Å². The summed E-state index contributed by atoms with van der Waals surface area (Å²) < 4.78 is 16.1. The number of aliphatic hydroxyl groups is 1. The molecule has 0 unspecified atom stereocenters. The van der Waals surface area contributed by atoms with Crippen LogP contribution in [0.15, 0.2) is 64.4 Å². The van der Waals surface area contributed by atoms with Gasteiger partial charge in [-0.1, -0.05) is 42.1 Å². The molecule has 0 amide bonds. The first-order valence-corrected chi connectivity index (χ1v) is 8.86. The molecule has 0 radical (unpaired) electrons. The van der Waals surface area contributed by atoms with Crippen molar-refractivity contribution >= 4 is 11.8 Å². The molecule has 0 aliphatic heterocycles. The van der Waals surface area contributed by atoms with Crippen molar-refractivity contribution < 1.29 is 19.3 Å². The zero-order valence-electron chi connectivity index (χ0n) is 13.7. The van der Waals surface area contributed by atoms with E-state index < -0.39 is 0 Å². The number of benzene rings is 2. The van der Waals surface area contributed by atoms with E-state index in [9.17, 15) is 0 Å². The first kappa shape index (κ1) is 19.0. The highest BCUT2D eigenvalue weighted by Crippen LogP contribution is 2.27. The summed E-state index contributed by atoms with van der Waals surface area (Å²) in [6, 6.07) is 18.8. The van der Waals surface area contributed by atoms with Crippen LogP contribution >= 0.6 is 11.8 Å². The fraction of sp³-hybridized carbons (Fsp3) is 0.368. The van der Waals surface area contributed by atoms with Crippen molar-refractivity contribution in [3.63, 3.8) is 0 Å². The second kappa shape index (κ2) is 12.1. The number of ether oxygens (including phenoxy) is 3. The third-order valence-corrected chi connectivity index (χ3v) is 4.17. The maximum absolute atomic E-state index is 8.55. The average molecular weight is 348 g/mol. The minimum Gasteiger partial charge on any atom is -0.394 e. The van der Waals surface area contributed by atoms with Crippen LogP contribution in [0, 0.1) is 0 Å². The van der Waals surface area contributed by atoms with Crippen LogP contribution in [0.3, 0.4) is 0 Å². The molecule has 0 spiro atoms. The van der Waals surface area contributed by atoms with E-state index in [4.69, 9.17) is 19.3 Å². The summed E-state index contributed by atoms with van der Waals surface area (Å²) in [6.45, 7) is 3.12. The van der Waals surface area contributed by atoms with Crippen LogP contribution in [0.1, 0.15) is 5.56 Å². The molecule has 5 heteroatoms. The van der Waals surface area contributed by atoms with Gasteiger partial charge in [-0.2, -0.15) is 0 Å². The summed E-state index contributed by atoms with van der Waals surface area (Å²) in [5.74, 6) is 0. The van der Waals surface area contributed by atoms with E-state index in [0.29, 0.717) is 39.6 Å². The smallest absolute Gasteiger partial charge is 0.0718 e. The van der Waals surface area contributed by atoms with E-state index in [1.54, 1.807) is 11.8 Å². The summed E-state index contributed by atoms with van der Waals surface area (Å²) in [5.41, 5.74) is 1.15. The van der Waals surface area contributed by atoms with Gasteiger partial charge < -0.3 is 19.3 Å². The molecule has 0 heterocycles. The highest BCUT2D eigenvalue weighted by Gasteiger charge is 1.98. The summed E-state index contributed by atoms with van der Waals surface area (Å²) in [6.07, 6.45) is 0. The van der Waals surface area contributed by atoms with Crippen LogP contribution in [0.2, 0.25) is 0 Å². The normalized spacial score (nSPS) is 10.9. The Kier molecular flexibility index (Phi) is 9.53. The van der Waals surface area contributed by atoms with E-state index in [2.05, 4.69) is 36.4 Å². The van der Waals surface area contributed by atoms with E-state index in [1.165, 1.54) is 9.79 Å². The minimum absolute atomic E-state index is 0.0474. The van der Waals surface area contributed by atoms with Crippen molar-refractivity contribution in [2.45, 2.75) is 16.4 Å². The van der Waals surface area contributed by atoms with Crippen LogP contribution < -0.4 is 0 Å². The molecule has 0 aliphatic carbocycles. The molecule has 0 atom stereocenters.